The molecule has 4 heteroatoms. The minimum Gasteiger partial charge on any atom is -0.489 e. The van der Waals surface area contributed by atoms with Gasteiger partial charge in [0, 0.05) is 11.6 Å². The lowest BCUT2D eigenvalue weighted by Crippen LogP contribution is -2.22. The van der Waals surface area contributed by atoms with Crippen LogP contribution in [0.15, 0.2) is 48.6 Å². The first kappa shape index (κ1) is 15.8. The third-order valence-electron chi connectivity index (χ3n) is 3.07. The number of allylic oxidation sites excluding steroid dienone is 1. The summed E-state index contributed by atoms with van der Waals surface area (Å²) in [6, 6.07) is 5.61. The monoisotopic (exact) mass is 297 g/mol. The number of nitrogens with one attached hydrogen (secondary N) is 1. The standard InChI is InChI=1S/C18H19NO3/c1-11(2)7-13-5-6-16(22-10-12(3)4)14(8-13)15-9-17(20)19-18(15)21/h5-6,8-9H,1,3,7,10H2,2,4H3,(H,19,20,21). The van der Waals surface area contributed by atoms with Crippen molar-refractivity contribution in [3.63, 3.8) is 0 Å². The van der Waals surface area contributed by atoms with Gasteiger partial charge in [0.1, 0.15) is 12.4 Å². The van der Waals surface area contributed by atoms with E-state index in [1.807, 2.05) is 32.0 Å². The van der Waals surface area contributed by atoms with Crippen molar-refractivity contribution in [1.29, 1.82) is 0 Å². The molecule has 0 saturated carbocycles. The summed E-state index contributed by atoms with van der Waals surface area (Å²) in [6.07, 6.45) is 2.01. The average molecular weight is 297 g/mol. The lowest BCUT2D eigenvalue weighted by molar-refractivity contribution is -0.123. The number of benzene rings is 1. The summed E-state index contributed by atoms with van der Waals surface area (Å²) >= 11 is 0. The van der Waals surface area contributed by atoms with E-state index in [9.17, 15) is 9.59 Å². The Morgan fingerprint density at radius 1 is 1.18 bits per heavy atom. The first-order valence-corrected chi connectivity index (χ1v) is 6.98. The summed E-state index contributed by atoms with van der Waals surface area (Å²) in [7, 11) is 0. The Hall–Kier alpha value is -2.62. The highest BCUT2D eigenvalue weighted by Gasteiger charge is 2.25. The molecule has 0 fully saturated rings. The predicted molar refractivity (Wildman–Crippen MR) is 86.4 cm³/mol. The molecule has 0 saturated heterocycles. The van der Waals surface area contributed by atoms with Crippen molar-refractivity contribution in [3.8, 4) is 5.75 Å². The zero-order chi connectivity index (χ0) is 16.3. The predicted octanol–water partition coefficient (Wildman–Crippen LogP) is 2.80. The van der Waals surface area contributed by atoms with E-state index < -0.39 is 11.8 Å². The summed E-state index contributed by atoms with van der Waals surface area (Å²) in [6.45, 7) is 11.9. The van der Waals surface area contributed by atoms with Crippen LogP contribution in [-0.2, 0) is 16.0 Å². The molecule has 1 N–H and O–H groups in total. The van der Waals surface area contributed by atoms with Crippen LogP contribution >= 0.6 is 0 Å². The number of hydrogen-bond acceptors (Lipinski definition) is 3. The second-order valence-corrected chi connectivity index (χ2v) is 5.59. The van der Waals surface area contributed by atoms with E-state index in [1.54, 1.807) is 0 Å². The average Bonchev–Trinajstić information content (AvgIpc) is 2.75. The molecule has 1 aromatic carbocycles. The minimum atomic E-state index is -0.406. The van der Waals surface area contributed by atoms with E-state index >= 15 is 0 Å². The molecule has 0 aromatic heterocycles. The van der Waals surface area contributed by atoms with Crippen molar-refractivity contribution in [2.24, 2.45) is 0 Å². The van der Waals surface area contributed by atoms with Crippen molar-refractivity contribution in [1.82, 2.24) is 5.32 Å². The van der Waals surface area contributed by atoms with Gasteiger partial charge in [-0.1, -0.05) is 24.8 Å². The van der Waals surface area contributed by atoms with Crippen molar-refractivity contribution in [3.05, 3.63) is 59.7 Å². The molecule has 0 bridgehead atoms. The fourth-order valence-corrected chi connectivity index (χ4v) is 2.18. The Bertz CT molecular complexity index is 698. The van der Waals surface area contributed by atoms with Gasteiger partial charge in [-0.15, -0.1) is 0 Å². The number of hydrogen-bond donors (Lipinski definition) is 1. The normalized spacial score (nSPS) is 13.6. The van der Waals surface area contributed by atoms with Crippen LogP contribution in [0, 0.1) is 0 Å². The van der Waals surface area contributed by atoms with Gasteiger partial charge in [-0.25, -0.2) is 0 Å². The van der Waals surface area contributed by atoms with Crippen LogP contribution in [0.25, 0.3) is 5.57 Å². The maximum Gasteiger partial charge on any atom is 0.259 e. The number of carbonyl (C=O) groups excluding carboxylic acids is 2. The van der Waals surface area contributed by atoms with Crippen LogP contribution in [0.4, 0.5) is 0 Å². The summed E-state index contributed by atoms with van der Waals surface area (Å²) < 4.78 is 5.70. The van der Waals surface area contributed by atoms with Crippen LogP contribution in [0.3, 0.4) is 0 Å². The van der Waals surface area contributed by atoms with Gasteiger partial charge < -0.3 is 4.74 Å². The van der Waals surface area contributed by atoms with Gasteiger partial charge in [0.15, 0.2) is 0 Å². The Morgan fingerprint density at radius 2 is 1.91 bits per heavy atom. The van der Waals surface area contributed by atoms with Gasteiger partial charge in [-0.05, 0) is 43.5 Å². The molecule has 1 heterocycles. The van der Waals surface area contributed by atoms with E-state index in [1.165, 1.54) is 6.08 Å². The Labute approximate surface area is 130 Å². The second-order valence-electron chi connectivity index (χ2n) is 5.59. The molecule has 0 radical (unpaired) electrons. The van der Waals surface area contributed by atoms with Crippen LogP contribution < -0.4 is 10.1 Å². The van der Waals surface area contributed by atoms with Crippen molar-refractivity contribution in [2.75, 3.05) is 6.61 Å². The Kier molecular flexibility index (Phi) is 4.61. The molecule has 1 aliphatic rings. The molecule has 4 nitrogen and oxygen atoms in total. The Morgan fingerprint density at radius 3 is 2.45 bits per heavy atom. The first-order valence-electron chi connectivity index (χ1n) is 6.98. The fraction of sp³-hybridized carbons (Fsp3) is 0.222. The Balaban J connectivity index is 2.43. The number of imide groups is 1. The highest BCUT2D eigenvalue weighted by Crippen LogP contribution is 2.30. The first-order chi connectivity index (χ1) is 10.4. The third kappa shape index (κ3) is 3.73. The van der Waals surface area contributed by atoms with Crippen LogP contribution in [0.2, 0.25) is 0 Å². The number of carbonyl (C=O) groups is 2. The molecule has 2 rings (SSSR count). The van der Waals surface area contributed by atoms with Crippen LogP contribution in [-0.4, -0.2) is 18.4 Å². The smallest absolute Gasteiger partial charge is 0.259 e. The summed E-state index contributed by atoms with van der Waals surface area (Å²) in [5.74, 6) is -0.252. The maximum atomic E-state index is 11.9. The third-order valence-corrected chi connectivity index (χ3v) is 3.07. The lowest BCUT2D eigenvalue weighted by atomic mass is 9.99. The molecule has 2 amide bonds. The summed E-state index contributed by atoms with van der Waals surface area (Å²) in [5.41, 5.74) is 3.84. The molecular formula is C18H19NO3. The molecule has 0 aliphatic carbocycles. The molecular weight excluding hydrogens is 278 g/mol. The van der Waals surface area contributed by atoms with E-state index in [2.05, 4.69) is 18.5 Å². The van der Waals surface area contributed by atoms with E-state index in [-0.39, 0.29) is 0 Å². The summed E-state index contributed by atoms with van der Waals surface area (Å²) in [5, 5.41) is 2.26. The van der Waals surface area contributed by atoms with Crippen LogP contribution in [0.1, 0.15) is 25.0 Å². The number of amides is 2. The zero-order valence-corrected chi connectivity index (χ0v) is 12.9. The SMILES string of the molecule is C=C(C)COc1ccc(CC(=C)C)cc1C1=CC(=O)NC1=O. The fourth-order valence-electron chi connectivity index (χ4n) is 2.18. The molecule has 1 aromatic rings. The van der Waals surface area contributed by atoms with Crippen molar-refractivity contribution >= 4 is 17.4 Å². The molecule has 1 aliphatic heterocycles. The molecule has 0 unspecified atom stereocenters. The van der Waals surface area contributed by atoms with Gasteiger partial charge >= 0.3 is 0 Å². The highest BCUT2D eigenvalue weighted by atomic mass is 16.5. The lowest BCUT2D eigenvalue weighted by Gasteiger charge is -2.13. The molecule has 0 atom stereocenters. The quantitative estimate of drug-likeness (QED) is 0.649. The van der Waals surface area contributed by atoms with Crippen molar-refractivity contribution < 1.29 is 14.3 Å². The number of rotatable bonds is 6. The molecule has 114 valence electrons. The van der Waals surface area contributed by atoms with E-state index in [0.717, 1.165) is 16.7 Å². The number of ether oxygens (including phenoxy) is 1. The zero-order valence-electron chi connectivity index (χ0n) is 12.9. The second kappa shape index (κ2) is 6.43. The van der Waals surface area contributed by atoms with Gasteiger partial charge in [-0.2, -0.15) is 0 Å². The van der Waals surface area contributed by atoms with E-state index in [4.69, 9.17) is 4.74 Å². The van der Waals surface area contributed by atoms with E-state index in [0.29, 0.717) is 29.9 Å². The summed E-state index contributed by atoms with van der Waals surface area (Å²) in [4.78, 5) is 23.3. The van der Waals surface area contributed by atoms with Gasteiger partial charge in [0.2, 0.25) is 0 Å². The minimum absolute atomic E-state index is 0.324. The molecule has 22 heavy (non-hydrogen) atoms. The van der Waals surface area contributed by atoms with Gasteiger partial charge in [-0.3, -0.25) is 14.9 Å². The largest absolute Gasteiger partial charge is 0.489 e. The van der Waals surface area contributed by atoms with Gasteiger partial charge in [0.05, 0.1) is 5.57 Å². The van der Waals surface area contributed by atoms with Crippen LogP contribution in [0.5, 0.6) is 5.75 Å². The molecule has 0 spiro atoms. The maximum absolute atomic E-state index is 11.9. The van der Waals surface area contributed by atoms with Gasteiger partial charge in [0.25, 0.3) is 11.8 Å². The topological polar surface area (TPSA) is 55.4 Å². The van der Waals surface area contributed by atoms with Crippen molar-refractivity contribution in [2.45, 2.75) is 20.3 Å². The highest BCUT2D eigenvalue weighted by molar-refractivity contribution is 6.33.